The minimum absolute atomic E-state index is 0.0918. The molecular weight excluding hydrogens is 356 g/mol. The van der Waals surface area contributed by atoms with Crippen LogP contribution in [0.4, 0.5) is 17.6 Å². The Morgan fingerprint density at radius 1 is 1.00 bits per heavy atom. The molecule has 0 atom stereocenters. The predicted molar refractivity (Wildman–Crippen MR) is 87.1 cm³/mol. The van der Waals surface area contributed by atoms with Gasteiger partial charge in [-0.3, -0.25) is 0 Å². The summed E-state index contributed by atoms with van der Waals surface area (Å²) in [4.78, 5) is 3.91. The van der Waals surface area contributed by atoms with Gasteiger partial charge in [-0.1, -0.05) is 6.07 Å². The molecule has 0 aliphatic carbocycles. The van der Waals surface area contributed by atoms with Crippen LogP contribution in [-0.2, 0) is 5.75 Å². The fourth-order valence-corrected chi connectivity index (χ4v) is 3.33. The molecule has 2 aromatic carbocycles. The van der Waals surface area contributed by atoms with Crippen molar-refractivity contribution in [2.75, 3.05) is 0 Å². The van der Waals surface area contributed by atoms with E-state index in [9.17, 15) is 22.7 Å². The summed E-state index contributed by atoms with van der Waals surface area (Å²) in [5.41, 5.74) is 0.0317. The number of fused-ring (bicyclic) bond motifs is 1. The first-order valence-electron chi connectivity index (χ1n) is 6.99. The van der Waals surface area contributed by atoms with Gasteiger partial charge in [0.2, 0.25) is 5.88 Å². The molecule has 0 bridgehead atoms. The molecule has 0 unspecified atom stereocenters. The highest BCUT2D eigenvalue weighted by Crippen LogP contribution is 2.34. The minimum atomic E-state index is -1.29. The molecule has 0 saturated heterocycles. The summed E-state index contributed by atoms with van der Waals surface area (Å²) in [6.45, 7) is 0. The molecule has 2 N–H and O–H groups in total. The van der Waals surface area contributed by atoms with Gasteiger partial charge in [0.1, 0.15) is 16.7 Å². The van der Waals surface area contributed by atoms with Crippen molar-refractivity contribution in [2.24, 2.45) is 0 Å². The van der Waals surface area contributed by atoms with Crippen LogP contribution in [0.2, 0.25) is 0 Å². The molecule has 0 spiro atoms. The number of thioether (sulfide) groups is 1. The van der Waals surface area contributed by atoms with Crippen LogP contribution in [0.15, 0.2) is 35.4 Å². The number of aromatic hydroxyl groups is 1. The smallest absolute Gasteiger partial charge is 0.221 e. The van der Waals surface area contributed by atoms with Gasteiger partial charge in [0.25, 0.3) is 0 Å². The Balaban J connectivity index is 2.03. The maximum atomic E-state index is 13.7. The van der Waals surface area contributed by atoms with Gasteiger partial charge in [-0.25, -0.2) is 22.5 Å². The zero-order chi connectivity index (χ0) is 18.1. The lowest BCUT2D eigenvalue weighted by Crippen LogP contribution is -1.96. The molecule has 0 aliphatic heterocycles. The van der Waals surface area contributed by atoms with Crippen molar-refractivity contribution in [3.8, 4) is 5.88 Å². The van der Waals surface area contributed by atoms with Gasteiger partial charge >= 0.3 is 0 Å². The third-order valence-electron chi connectivity index (χ3n) is 3.55. The number of aromatic nitrogens is 1. The summed E-state index contributed by atoms with van der Waals surface area (Å²) >= 11 is 0.932. The molecule has 0 amide bonds. The van der Waals surface area contributed by atoms with E-state index in [4.69, 9.17) is 5.41 Å². The second kappa shape index (κ2) is 6.72. The van der Waals surface area contributed by atoms with Gasteiger partial charge < -0.3 is 10.5 Å². The van der Waals surface area contributed by atoms with Crippen LogP contribution >= 0.6 is 11.8 Å². The molecule has 1 aromatic heterocycles. The van der Waals surface area contributed by atoms with E-state index in [1.807, 2.05) is 0 Å². The predicted octanol–water partition coefficient (Wildman–Crippen LogP) is 4.79. The van der Waals surface area contributed by atoms with E-state index in [0.717, 1.165) is 24.0 Å². The lowest BCUT2D eigenvalue weighted by molar-refractivity contribution is 0.449. The lowest BCUT2D eigenvalue weighted by atomic mass is 10.1. The monoisotopic (exact) mass is 366 g/mol. The second-order valence-corrected chi connectivity index (χ2v) is 6.10. The molecule has 8 heteroatoms. The standard InChI is InChI=1S/C17H10F4N2OS/c18-9-1-2-10-11(4-9)17(23-16(24)12(10)6-22)25-7-8-3-14(20)15(21)5-13(8)19/h1-6,22H,7H2,(H,23,24). The number of pyridine rings is 1. The van der Waals surface area contributed by atoms with E-state index in [-0.39, 0.29) is 21.9 Å². The summed E-state index contributed by atoms with van der Waals surface area (Å²) in [5, 5.41) is 18.2. The molecule has 0 saturated carbocycles. The number of benzene rings is 2. The van der Waals surface area contributed by atoms with E-state index >= 15 is 0 Å². The lowest BCUT2D eigenvalue weighted by Gasteiger charge is -2.10. The van der Waals surface area contributed by atoms with E-state index in [0.29, 0.717) is 16.8 Å². The maximum absolute atomic E-state index is 13.7. The average Bonchev–Trinajstić information content (AvgIpc) is 2.57. The van der Waals surface area contributed by atoms with Gasteiger partial charge in [0.15, 0.2) is 11.6 Å². The molecule has 128 valence electrons. The number of hydrogen-bond acceptors (Lipinski definition) is 4. The fraction of sp³-hybridized carbons (Fsp3) is 0.0588. The average molecular weight is 366 g/mol. The number of nitrogens with one attached hydrogen (secondary N) is 1. The molecule has 1 heterocycles. The Morgan fingerprint density at radius 2 is 1.72 bits per heavy atom. The highest BCUT2D eigenvalue weighted by atomic mass is 32.2. The van der Waals surface area contributed by atoms with Crippen molar-refractivity contribution in [1.82, 2.24) is 4.98 Å². The normalized spacial score (nSPS) is 11.0. The SMILES string of the molecule is N=Cc1c(O)nc(SCc2cc(F)c(F)cc2F)c2cc(F)ccc12. The summed E-state index contributed by atoms with van der Waals surface area (Å²) in [7, 11) is 0. The van der Waals surface area contributed by atoms with Gasteiger partial charge in [0.05, 0.1) is 5.56 Å². The Hall–Kier alpha value is -2.61. The highest BCUT2D eigenvalue weighted by Gasteiger charge is 2.15. The molecular formula is C17H10F4N2OS. The van der Waals surface area contributed by atoms with Crippen LogP contribution in [0, 0.1) is 28.7 Å². The molecule has 3 rings (SSSR count). The van der Waals surface area contributed by atoms with Gasteiger partial charge in [-0.05, 0) is 23.6 Å². The van der Waals surface area contributed by atoms with E-state index in [1.165, 1.54) is 18.2 Å². The molecule has 0 fully saturated rings. The maximum Gasteiger partial charge on any atom is 0.221 e. The highest BCUT2D eigenvalue weighted by molar-refractivity contribution is 7.98. The Bertz CT molecular complexity index is 994. The molecule has 25 heavy (non-hydrogen) atoms. The van der Waals surface area contributed by atoms with Gasteiger partial charge in [-0.2, -0.15) is 0 Å². The summed E-state index contributed by atoms with van der Waals surface area (Å²) < 4.78 is 53.6. The number of hydrogen-bond donors (Lipinski definition) is 2. The number of halogens is 4. The Morgan fingerprint density at radius 3 is 2.44 bits per heavy atom. The van der Waals surface area contributed by atoms with Crippen LogP contribution in [0.1, 0.15) is 11.1 Å². The Kier molecular flexibility index (Phi) is 4.63. The minimum Gasteiger partial charge on any atom is -0.493 e. The van der Waals surface area contributed by atoms with Crippen LogP contribution in [0.5, 0.6) is 5.88 Å². The first kappa shape index (κ1) is 17.2. The van der Waals surface area contributed by atoms with Crippen LogP contribution in [-0.4, -0.2) is 16.3 Å². The van der Waals surface area contributed by atoms with Crippen molar-refractivity contribution in [2.45, 2.75) is 10.8 Å². The molecule has 0 radical (unpaired) electrons. The molecule has 3 aromatic rings. The molecule has 3 nitrogen and oxygen atoms in total. The van der Waals surface area contributed by atoms with Gasteiger partial charge in [0, 0.05) is 29.0 Å². The molecule has 0 aliphatic rings. The number of rotatable bonds is 4. The zero-order valence-electron chi connectivity index (χ0n) is 12.5. The Labute approximate surface area is 143 Å². The summed E-state index contributed by atoms with van der Waals surface area (Å²) in [6, 6.07) is 4.95. The van der Waals surface area contributed by atoms with Gasteiger partial charge in [-0.15, -0.1) is 11.8 Å². The van der Waals surface area contributed by atoms with Crippen molar-refractivity contribution in [3.63, 3.8) is 0 Å². The second-order valence-electron chi connectivity index (χ2n) is 5.13. The first-order valence-corrected chi connectivity index (χ1v) is 7.98. The number of nitrogens with zero attached hydrogens (tertiary/aromatic N) is 1. The third-order valence-corrected chi connectivity index (χ3v) is 4.59. The van der Waals surface area contributed by atoms with Crippen LogP contribution in [0.25, 0.3) is 10.8 Å². The summed E-state index contributed by atoms with van der Waals surface area (Å²) in [5.74, 6) is -4.46. The van der Waals surface area contributed by atoms with Crippen LogP contribution in [0.3, 0.4) is 0 Å². The first-order chi connectivity index (χ1) is 11.9. The third kappa shape index (κ3) is 3.30. The van der Waals surface area contributed by atoms with E-state index < -0.39 is 29.1 Å². The van der Waals surface area contributed by atoms with E-state index in [1.54, 1.807) is 0 Å². The fourth-order valence-electron chi connectivity index (χ4n) is 2.34. The van der Waals surface area contributed by atoms with Crippen molar-refractivity contribution in [3.05, 3.63) is 64.7 Å². The van der Waals surface area contributed by atoms with Crippen molar-refractivity contribution in [1.29, 1.82) is 5.41 Å². The van der Waals surface area contributed by atoms with E-state index in [2.05, 4.69) is 4.98 Å². The van der Waals surface area contributed by atoms with Crippen molar-refractivity contribution >= 4 is 28.7 Å². The summed E-state index contributed by atoms with van der Waals surface area (Å²) in [6.07, 6.45) is 0.895. The van der Waals surface area contributed by atoms with Crippen LogP contribution < -0.4 is 0 Å². The quantitative estimate of drug-likeness (QED) is 0.302. The topological polar surface area (TPSA) is 57.0 Å². The van der Waals surface area contributed by atoms with Crippen molar-refractivity contribution < 1.29 is 22.7 Å². The zero-order valence-corrected chi connectivity index (χ0v) is 13.3. The largest absolute Gasteiger partial charge is 0.493 e.